The van der Waals surface area contributed by atoms with Crippen LogP contribution in [0, 0.1) is 0 Å². The lowest BCUT2D eigenvalue weighted by Crippen LogP contribution is -2.33. The summed E-state index contributed by atoms with van der Waals surface area (Å²) in [4.78, 5) is 21.5. The molecular weight excluding hydrogens is 408 g/mol. The number of pyridine rings is 1. The molecule has 0 N–H and O–H groups in total. The minimum atomic E-state index is -0.0468. The van der Waals surface area contributed by atoms with E-state index in [-0.39, 0.29) is 11.9 Å². The first kappa shape index (κ1) is 21.2. The maximum atomic E-state index is 13.8. The van der Waals surface area contributed by atoms with Gasteiger partial charge in [0.2, 0.25) is 0 Å². The molecular formula is C24H26N4O2S. The minimum Gasteiger partial charge on any atom is -0.383 e. The summed E-state index contributed by atoms with van der Waals surface area (Å²) in [5.41, 5.74) is 3.22. The van der Waals surface area contributed by atoms with Crippen LogP contribution in [0.5, 0.6) is 0 Å². The van der Waals surface area contributed by atoms with Gasteiger partial charge in [-0.05, 0) is 36.9 Å². The van der Waals surface area contributed by atoms with Crippen molar-refractivity contribution in [3.63, 3.8) is 0 Å². The molecule has 1 amide bonds. The highest BCUT2D eigenvalue weighted by atomic mass is 32.1. The van der Waals surface area contributed by atoms with E-state index in [2.05, 4.69) is 18.9 Å². The predicted octanol–water partition coefficient (Wildman–Crippen LogP) is 5.03. The molecule has 1 aromatic carbocycles. The van der Waals surface area contributed by atoms with E-state index in [0.29, 0.717) is 25.3 Å². The van der Waals surface area contributed by atoms with E-state index in [1.165, 1.54) is 0 Å². The van der Waals surface area contributed by atoms with Crippen molar-refractivity contribution in [3.8, 4) is 10.6 Å². The van der Waals surface area contributed by atoms with Gasteiger partial charge in [0.1, 0.15) is 0 Å². The summed E-state index contributed by atoms with van der Waals surface area (Å²) in [6, 6.07) is 16.1. The van der Waals surface area contributed by atoms with Gasteiger partial charge in [0.15, 0.2) is 5.65 Å². The molecule has 4 rings (SSSR count). The van der Waals surface area contributed by atoms with Crippen molar-refractivity contribution in [2.75, 3.05) is 20.3 Å². The van der Waals surface area contributed by atoms with E-state index < -0.39 is 0 Å². The van der Waals surface area contributed by atoms with Crippen molar-refractivity contribution < 1.29 is 9.53 Å². The van der Waals surface area contributed by atoms with Gasteiger partial charge in [-0.15, -0.1) is 11.3 Å². The number of thiophene rings is 1. The van der Waals surface area contributed by atoms with Crippen molar-refractivity contribution in [1.29, 1.82) is 0 Å². The van der Waals surface area contributed by atoms with Gasteiger partial charge in [-0.3, -0.25) is 4.79 Å². The van der Waals surface area contributed by atoms with Gasteiger partial charge >= 0.3 is 0 Å². The van der Waals surface area contributed by atoms with Gasteiger partial charge in [-0.25, -0.2) is 9.67 Å². The molecule has 0 aliphatic heterocycles. The zero-order chi connectivity index (χ0) is 21.8. The second kappa shape index (κ2) is 9.41. The second-order valence-corrected chi connectivity index (χ2v) is 8.61. The maximum absolute atomic E-state index is 13.8. The quantitative estimate of drug-likeness (QED) is 0.390. The average Bonchev–Trinajstić information content (AvgIpc) is 3.46. The third kappa shape index (κ3) is 4.52. The first-order valence-corrected chi connectivity index (χ1v) is 11.2. The summed E-state index contributed by atoms with van der Waals surface area (Å²) in [5.74, 6) is -0.0468. The molecule has 7 heteroatoms. The van der Waals surface area contributed by atoms with Crippen LogP contribution in [-0.4, -0.2) is 45.8 Å². The maximum Gasteiger partial charge on any atom is 0.255 e. The van der Waals surface area contributed by atoms with Crippen molar-refractivity contribution in [3.05, 3.63) is 71.2 Å². The molecule has 0 atom stereocenters. The van der Waals surface area contributed by atoms with Crippen molar-refractivity contribution >= 4 is 28.3 Å². The lowest BCUT2D eigenvalue weighted by molar-refractivity contribution is 0.0682. The van der Waals surface area contributed by atoms with Crippen LogP contribution in [0.4, 0.5) is 0 Å². The molecule has 0 radical (unpaired) electrons. The first-order chi connectivity index (χ1) is 15.1. The van der Waals surface area contributed by atoms with Crippen LogP contribution < -0.4 is 0 Å². The highest BCUT2D eigenvalue weighted by Crippen LogP contribution is 2.29. The molecule has 0 saturated heterocycles. The fourth-order valence-corrected chi connectivity index (χ4v) is 4.24. The van der Waals surface area contributed by atoms with Gasteiger partial charge in [0, 0.05) is 26.2 Å². The average molecular weight is 435 g/mol. The number of aromatic nitrogens is 3. The molecule has 6 nitrogen and oxygen atoms in total. The Morgan fingerprint density at radius 2 is 2.00 bits per heavy atom. The summed E-state index contributed by atoms with van der Waals surface area (Å²) in [5, 5.41) is 7.32. The normalized spacial score (nSPS) is 11.4. The monoisotopic (exact) mass is 434 g/mol. The smallest absolute Gasteiger partial charge is 0.255 e. The standard InChI is InChI=1S/C24H26N4O2S/c1-17(2)28-23-20(15-25-28)19(14-21(26-23)22-10-7-13-31-22)24(29)27(11-12-30-3)16-18-8-5-4-6-9-18/h4-10,13-15,17H,11-12,16H2,1-3H3. The number of benzene rings is 1. The Labute approximate surface area is 186 Å². The van der Waals surface area contributed by atoms with E-state index >= 15 is 0 Å². The van der Waals surface area contributed by atoms with Gasteiger partial charge in [0.05, 0.1) is 34.3 Å². The zero-order valence-electron chi connectivity index (χ0n) is 18.0. The molecule has 0 saturated carbocycles. The number of amides is 1. The summed E-state index contributed by atoms with van der Waals surface area (Å²) < 4.78 is 7.16. The van der Waals surface area contributed by atoms with Crippen molar-refractivity contribution in [2.45, 2.75) is 26.4 Å². The summed E-state index contributed by atoms with van der Waals surface area (Å²) in [7, 11) is 1.65. The fraction of sp³-hybridized carbons (Fsp3) is 0.292. The van der Waals surface area contributed by atoms with Crippen molar-refractivity contribution in [1.82, 2.24) is 19.7 Å². The molecule has 0 spiro atoms. The SMILES string of the molecule is COCCN(Cc1ccccc1)C(=O)c1cc(-c2cccs2)nc2c1cnn2C(C)C. The summed E-state index contributed by atoms with van der Waals surface area (Å²) >= 11 is 1.61. The highest BCUT2D eigenvalue weighted by Gasteiger charge is 2.23. The largest absolute Gasteiger partial charge is 0.383 e. The van der Waals surface area contributed by atoms with Crippen LogP contribution in [-0.2, 0) is 11.3 Å². The van der Waals surface area contributed by atoms with E-state index in [1.54, 1.807) is 24.6 Å². The number of ether oxygens (including phenoxy) is 1. The minimum absolute atomic E-state index is 0.0468. The molecule has 0 unspecified atom stereocenters. The number of carbonyl (C=O) groups is 1. The van der Waals surface area contributed by atoms with Gasteiger partial charge in [-0.2, -0.15) is 5.10 Å². The van der Waals surface area contributed by atoms with E-state index in [4.69, 9.17) is 9.72 Å². The lowest BCUT2D eigenvalue weighted by atomic mass is 10.1. The molecule has 31 heavy (non-hydrogen) atoms. The van der Waals surface area contributed by atoms with Crippen LogP contribution in [0.3, 0.4) is 0 Å². The Kier molecular flexibility index (Phi) is 6.44. The van der Waals surface area contributed by atoms with Crippen LogP contribution in [0.25, 0.3) is 21.6 Å². The van der Waals surface area contributed by atoms with Crippen molar-refractivity contribution in [2.24, 2.45) is 0 Å². The number of fused-ring (bicyclic) bond motifs is 1. The zero-order valence-corrected chi connectivity index (χ0v) is 18.8. The van der Waals surface area contributed by atoms with E-state index in [1.807, 2.05) is 63.5 Å². The molecule has 0 fully saturated rings. The number of hydrogen-bond donors (Lipinski definition) is 0. The molecule has 0 aliphatic carbocycles. The lowest BCUT2D eigenvalue weighted by Gasteiger charge is -2.23. The topological polar surface area (TPSA) is 60.2 Å². The number of rotatable bonds is 8. The molecule has 0 aliphatic rings. The van der Waals surface area contributed by atoms with E-state index in [9.17, 15) is 4.79 Å². The van der Waals surface area contributed by atoms with Crippen LogP contribution in [0.15, 0.2) is 60.1 Å². The second-order valence-electron chi connectivity index (χ2n) is 7.66. The summed E-state index contributed by atoms with van der Waals surface area (Å²) in [6.07, 6.45) is 1.75. The number of nitrogens with zero attached hydrogens (tertiary/aromatic N) is 4. The van der Waals surface area contributed by atoms with Gasteiger partial charge in [0.25, 0.3) is 5.91 Å². The fourth-order valence-electron chi connectivity index (χ4n) is 3.55. The van der Waals surface area contributed by atoms with Gasteiger partial charge in [-0.1, -0.05) is 36.4 Å². The Hall–Kier alpha value is -3.03. The van der Waals surface area contributed by atoms with Crippen LogP contribution in [0.1, 0.15) is 35.8 Å². The van der Waals surface area contributed by atoms with Gasteiger partial charge < -0.3 is 9.64 Å². The highest BCUT2D eigenvalue weighted by molar-refractivity contribution is 7.13. The Morgan fingerprint density at radius 1 is 1.19 bits per heavy atom. The first-order valence-electron chi connectivity index (χ1n) is 10.3. The summed E-state index contributed by atoms with van der Waals surface area (Å²) in [6.45, 7) is 5.61. The number of carbonyl (C=O) groups excluding carboxylic acids is 1. The molecule has 0 bridgehead atoms. The molecule has 3 aromatic heterocycles. The third-order valence-electron chi connectivity index (χ3n) is 5.13. The van der Waals surface area contributed by atoms with Crippen LogP contribution >= 0.6 is 11.3 Å². The Bertz CT molecular complexity index is 1150. The van der Waals surface area contributed by atoms with Crippen LogP contribution in [0.2, 0.25) is 0 Å². The predicted molar refractivity (Wildman–Crippen MR) is 124 cm³/mol. The molecule has 160 valence electrons. The van der Waals surface area contributed by atoms with E-state index in [0.717, 1.165) is 27.2 Å². The number of methoxy groups -OCH3 is 1. The third-order valence-corrected chi connectivity index (χ3v) is 6.02. The Morgan fingerprint density at radius 3 is 2.68 bits per heavy atom. The Balaban J connectivity index is 1.80. The molecule has 3 heterocycles. The molecule has 4 aromatic rings. The number of hydrogen-bond acceptors (Lipinski definition) is 5.